The van der Waals surface area contributed by atoms with Gasteiger partial charge in [-0.2, -0.15) is 0 Å². The second-order valence-corrected chi connectivity index (χ2v) is 5.66. The van der Waals surface area contributed by atoms with Crippen molar-refractivity contribution in [3.05, 3.63) is 64.5 Å². The lowest BCUT2D eigenvalue weighted by Gasteiger charge is -2.14. The smallest absolute Gasteiger partial charge is 0.155 e. The molecule has 0 saturated carbocycles. The van der Waals surface area contributed by atoms with Crippen LogP contribution >= 0.6 is 15.9 Å². The minimum atomic E-state index is -0.217. The summed E-state index contributed by atoms with van der Waals surface area (Å²) in [6.07, 6.45) is 5.41. The van der Waals surface area contributed by atoms with Gasteiger partial charge in [0.15, 0.2) is 5.65 Å². The number of nitrogens with one attached hydrogen (secondary N) is 1. The molecule has 0 aliphatic rings. The first-order valence-electron chi connectivity index (χ1n) is 6.60. The van der Waals surface area contributed by atoms with E-state index in [4.69, 9.17) is 0 Å². The Labute approximate surface area is 130 Å². The number of rotatable bonds is 4. The van der Waals surface area contributed by atoms with Crippen LogP contribution in [0.5, 0.6) is 0 Å². The average molecular weight is 349 g/mol. The Morgan fingerprint density at radius 1 is 1.33 bits per heavy atom. The van der Waals surface area contributed by atoms with Crippen LogP contribution in [0.25, 0.3) is 5.65 Å². The van der Waals surface area contributed by atoms with Crippen LogP contribution in [0.4, 0.5) is 4.39 Å². The monoisotopic (exact) mass is 348 g/mol. The minimum Gasteiger partial charge on any atom is -0.305 e. The van der Waals surface area contributed by atoms with Crippen molar-refractivity contribution in [1.82, 2.24) is 19.7 Å². The average Bonchev–Trinajstić information content (AvgIpc) is 2.87. The van der Waals surface area contributed by atoms with Crippen LogP contribution in [0.15, 0.2) is 47.5 Å². The highest BCUT2D eigenvalue weighted by atomic mass is 79.9. The third-order valence-electron chi connectivity index (χ3n) is 3.38. The van der Waals surface area contributed by atoms with Gasteiger partial charge in [-0.05, 0) is 40.5 Å². The fourth-order valence-electron chi connectivity index (χ4n) is 2.20. The Bertz CT molecular complexity index is 771. The van der Waals surface area contributed by atoms with Crippen LogP contribution in [0, 0.1) is 5.82 Å². The van der Waals surface area contributed by atoms with Crippen LogP contribution in [0.1, 0.15) is 24.2 Å². The van der Waals surface area contributed by atoms with E-state index >= 15 is 0 Å². The van der Waals surface area contributed by atoms with Crippen LogP contribution in [0.3, 0.4) is 0 Å². The van der Waals surface area contributed by atoms with Gasteiger partial charge in [0.1, 0.15) is 10.4 Å². The van der Waals surface area contributed by atoms with Crippen molar-refractivity contribution in [3.63, 3.8) is 0 Å². The molecule has 1 unspecified atom stereocenters. The molecule has 1 N–H and O–H groups in total. The van der Waals surface area contributed by atoms with Gasteiger partial charge in [0.05, 0.1) is 18.1 Å². The zero-order valence-electron chi connectivity index (χ0n) is 11.4. The highest BCUT2D eigenvalue weighted by Gasteiger charge is 2.08. The predicted molar refractivity (Wildman–Crippen MR) is 82.3 cm³/mol. The quantitative estimate of drug-likeness (QED) is 0.784. The molecule has 3 rings (SSSR count). The van der Waals surface area contributed by atoms with Gasteiger partial charge in [0.25, 0.3) is 0 Å². The second kappa shape index (κ2) is 5.91. The molecule has 0 aliphatic heterocycles. The van der Waals surface area contributed by atoms with E-state index in [2.05, 4.69) is 31.2 Å². The normalized spacial score (nSPS) is 12.7. The highest BCUT2D eigenvalue weighted by molar-refractivity contribution is 9.10. The minimum absolute atomic E-state index is 0.0523. The van der Waals surface area contributed by atoms with Gasteiger partial charge in [-0.15, -0.1) is 0 Å². The van der Waals surface area contributed by atoms with Gasteiger partial charge in [-0.1, -0.05) is 12.1 Å². The Kier molecular flexibility index (Phi) is 3.98. The molecule has 0 bridgehead atoms. The summed E-state index contributed by atoms with van der Waals surface area (Å²) in [4.78, 5) is 8.45. The molecule has 0 aliphatic carbocycles. The largest absolute Gasteiger partial charge is 0.305 e. The fraction of sp³-hybridized carbons (Fsp3) is 0.200. The number of aromatic nitrogens is 3. The molecule has 0 saturated heterocycles. The maximum Gasteiger partial charge on any atom is 0.155 e. The zero-order valence-corrected chi connectivity index (χ0v) is 13.0. The summed E-state index contributed by atoms with van der Waals surface area (Å²) >= 11 is 3.35. The van der Waals surface area contributed by atoms with E-state index in [-0.39, 0.29) is 11.9 Å². The number of nitrogens with zero attached hydrogens (tertiary/aromatic N) is 3. The SMILES string of the molecule is CC(NCc1cnc2cnc(Br)cn12)c1cccc(F)c1. The number of benzene rings is 1. The van der Waals surface area contributed by atoms with Gasteiger partial charge in [-0.3, -0.25) is 4.40 Å². The van der Waals surface area contributed by atoms with Crippen LogP contribution in [0.2, 0.25) is 0 Å². The van der Waals surface area contributed by atoms with Crippen molar-refractivity contribution in [2.75, 3.05) is 0 Å². The van der Waals surface area contributed by atoms with Gasteiger partial charge in [-0.25, -0.2) is 14.4 Å². The number of hydrogen-bond donors (Lipinski definition) is 1. The molecule has 6 heteroatoms. The van der Waals surface area contributed by atoms with Crippen molar-refractivity contribution in [2.24, 2.45) is 0 Å². The molecule has 0 amide bonds. The van der Waals surface area contributed by atoms with Crippen molar-refractivity contribution in [1.29, 1.82) is 0 Å². The van der Waals surface area contributed by atoms with E-state index in [0.717, 1.165) is 21.5 Å². The van der Waals surface area contributed by atoms with E-state index in [1.54, 1.807) is 18.3 Å². The Morgan fingerprint density at radius 2 is 2.19 bits per heavy atom. The third kappa shape index (κ3) is 3.11. The van der Waals surface area contributed by atoms with Crippen LogP contribution < -0.4 is 5.32 Å². The number of imidazole rings is 1. The first-order valence-corrected chi connectivity index (χ1v) is 7.39. The lowest BCUT2D eigenvalue weighted by Crippen LogP contribution is -2.19. The molecule has 0 spiro atoms. The Balaban J connectivity index is 1.75. The van der Waals surface area contributed by atoms with Crippen molar-refractivity contribution in [3.8, 4) is 0 Å². The summed E-state index contributed by atoms with van der Waals surface area (Å²) in [7, 11) is 0. The maximum atomic E-state index is 13.2. The van der Waals surface area contributed by atoms with Crippen molar-refractivity contribution >= 4 is 21.6 Å². The zero-order chi connectivity index (χ0) is 14.8. The standard InChI is InChI=1S/C15H14BrFN4/c1-10(11-3-2-4-12(17)5-11)18-6-13-7-20-15-8-19-14(16)9-21(13)15/h2-5,7-10,18H,6H2,1H3. The molecule has 2 aromatic heterocycles. The molecule has 108 valence electrons. The first kappa shape index (κ1) is 14.2. The van der Waals surface area contributed by atoms with E-state index in [1.807, 2.05) is 29.8 Å². The second-order valence-electron chi connectivity index (χ2n) is 4.85. The lowest BCUT2D eigenvalue weighted by atomic mass is 10.1. The van der Waals surface area contributed by atoms with E-state index < -0.39 is 0 Å². The summed E-state index contributed by atoms with van der Waals surface area (Å²) in [6, 6.07) is 6.68. The summed E-state index contributed by atoms with van der Waals surface area (Å²) in [5.74, 6) is -0.217. The fourth-order valence-corrected chi connectivity index (χ4v) is 2.51. The predicted octanol–water partition coefficient (Wildman–Crippen LogP) is 3.48. The third-order valence-corrected chi connectivity index (χ3v) is 3.79. The molecule has 3 aromatic rings. The molecular weight excluding hydrogens is 335 g/mol. The number of halogens is 2. The molecule has 21 heavy (non-hydrogen) atoms. The van der Waals surface area contributed by atoms with E-state index in [1.165, 1.54) is 6.07 Å². The molecule has 4 nitrogen and oxygen atoms in total. The van der Waals surface area contributed by atoms with Gasteiger partial charge < -0.3 is 5.32 Å². The molecule has 2 heterocycles. The van der Waals surface area contributed by atoms with Crippen LogP contribution in [-0.2, 0) is 6.54 Å². The molecule has 0 radical (unpaired) electrons. The first-order chi connectivity index (χ1) is 10.1. The summed E-state index contributed by atoms with van der Waals surface area (Å²) in [5, 5.41) is 3.38. The van der Waals surface area contributed by atoms with E-state index in [0.29, 0.717) is 6.54 Å². The van der Waals surface area contributed by atoms with Gasteiger partial charge in [0, 0.05) is 18.8 Å². The summed E-state index contributed by atoms with van der Waals surface area (Å²) in [5.41, 5.74) is 2.75. The van der Waals surface area contributed by atoms with Crippen molar-refractivity contribution < 1.29 is 4.39 Å². The summed E-state index contributed by atoms with van der Waals surface area (Å²) in [6.45, 7) is 2.64. The molecule has 1 atom stereocenters. The lowest BCUT2D eigenvalue weighted by molar-refractivity contribution is 0.557. The summed E-state index contributed by atoms with van der Waals surface area (Å²) < 4.78 is 16.0. The Morgan fingerprint density at radius 3 is 3.00 bits per heavy atom. The van der Waals surface area contributed by atoms with E-state index in [9.17, 15) is 4.39 Å². The van der Waals surface area contributed by atoms with Gasteiger partial charge >= 0.3 is 0 Å². The molecule has 1 aromatic carbocycles. The highest BCUT2D eigenvalue weighted by Crippen LogP contribution is 2.15. The number of hydrogen-bond acceptors (Lipinski definition) is 3. The Hall–Kier alpha value is -1.79. The van der Waals surface area contributed by atoms with Crippen molar-refractivity contribution in [2.45, 2.75) is 19.5 Å². The van der Waals surface area contributed by atoms with Gasteiger partial charge in [0.2, 0.25) is 0 Å². The molecular formula is C15H14BrFN4. The van der Waals surface area contributed by atoms with Crippen LogP contribution in [-0.4, -0.2) is 14.4 Å². The maximum absolute atomic E-state index is 13.2. The molecule has 0 fully saturated rings. The topological polar surface area (TPSA) is 42.2 Å². The number of fused-ring (bicyclic) bond motifs is 1.